The van der Waals surface area contributed by atoms with Crippen LogP contribution in [-0.2, 0) is 9.53 Å². The number of carbonyl (C=O) groups is 1. The molecule has 0 radical (unpaired) electrons. The highest BCUT2D eigenvalue weighted by molar-refractivity contribution is 5.85. The lowest BCUT2D eigenvalue weighted by atomic mass is 9.96. The van der Waals surface area contributed by atoms with Crippen molar-refractivity contribution >= 4 is 18.4 Å². The Morgan fingerprint density at radius 3 is 2.47 bits per heavy atom. The number of rotatable bonds is 2. The van der Waals surface area contributed by atoms with Crippen LogP contribution in [0.3, 0.4) is 0 Å². The molecule has 0 aliphatic heterocycles. The molecule has 4 heteroatoms. The van der Waals surface area contributed by atoms with Gasteiger partial charge in [-0.3, -0.25) is 4.79 Å². The second kappa shape index (κ2) is 5.71. The van der Waals surface area contributed by atoms with Gasteiger partial charge in [-0.05, 0) is 46.1 Å². The van der Waals surface area contributed by atoms with E-state index < -0.39 is 0 Å². The monoisotopic (exact) mass is 235 g/mol. The van der Waals surface area contributed by atoms with Gasteiger partial charge in [0.05, 0.1) is 5.92 Å². The van der Waals surface area contributed by atoms with Gasteiger partial charge in [0.2, 0.25) is 0 Å². The first-order valence-corrected chi connectivity index (χ1v) is 5.37. The van der Waals surface area contributed by atoms with Crippen molar-refractivity contribution in [1.29, 1.82) is 0 Å². The first kappa shape index (κ1) is 14.7. The third-order valence-electron chi connectivity index (χ3n) is 2.67. The van der Waals surface area contributed by atoms with Crippen LogP contribution in [0.5, 0.6) is 0 Å². The van der Waals surface area contributed by atoms with E-state index in [0.717, 1.165) is 19.3 Å². The van der Waals surface area contributed by atoms with Crippen molar-refractivity contribution in [3.8, 4) is 0 Å². The largest absolute Gasteiger partial charge is 0.460 e. The highest BCUT2D eigenvalue weighted by Gasteiger charge is 2.34. The van der Waals surface area contributed by atoms with Gasteiger partial charge in [-0.1, -0.05) is 6.42 Å². The maximum atomic E-state index is 11.8. The molecule has 1 aliphatic rings. The minimum absolute atomic E-state index is 0. The molecule has 0 aromatic heterocycles. The SMILES string of the molecule is CC(C)(C)OC(=O)C1CCC[C@@H]1CN.Cl. The Hall–Kier alpha value is -0.280. The number of ether oxygens (including phenoxy) is 1. The van der Waals surface area contributed by atoms with Gasteiger partial charge in [-0.2, -0.15) is 0 Å². The summed E-state index contributed by atoms with van der Waals surface area (Å²) in [4.78, 5) is 11.8. The minimum Gasteiger partial charge on any atom is -0.460 e. The van der Waals surface area contributed by atoms with Gasteiger partial charge >= 0.3 is 5.97 Å². The Morgan fingerprint density at radius 2 is 2.00 bits per heavy atom. The van der Waals surface area contributed by atoms with Gasteiger partial charge in [0.1, 0.15) is 5.60 Å². The normalized spacial score (nSPS) is 25.9. The lowest BCUT2D eigenvalue weighted by molar-refractivity contribution is -0.161. The zero-order chi connectivity index (χ0) is 10.8. The Morgan fingerprint density at radius 1 is 1.40 bits per heavy atom. The van der Waals surface area contributed by atoms with Gasteiger partial charge in [0, 0.05) is 0 Å². The summed E-state index contributed by atoms with van der Waals surface area (Å²) < 4.78 is 5.36. The standard InChI is InChI=1S/C11H21NO2.ClH/c1-11(2,3)14-10(13)9-6-4-5-8(9)7-12;/h8-9H,4-7,12H2,1-3H3;1H/t8-,9?;/m1./s1. The molecule has 2 N–H and O–H groups in total. The van der Waals surface area contributed by atoms with E-state index in [1.165, 1.54) is 0 Å². The van der Waals surface area contributed by atoms with Crippen molar-refractivity contribution in [2.75, 3.05) is 6.54 Å². The second-order valence-corrected chi connectivity index (χ2v) is 5.07. The van der Waals surface area contributed by atoms with Crippen molar-refractivity contribution in [3.63, 3.8) is 0 Å². The Labute approximate surface area is 98.2 Å². The number of hydrogen-bond acceptors (Lipinski definition) is 3. The number of nitrogens with two attached hydrogens (primary N) is 1. The van der Waals surface area contributed by atoms with Gasteiger partial charge in [-0.15, -0.1) is 12.4 Å². The summed E-state index contributed by atoms with van der Waals surface area (Å²) in [7, 11) is 0. The molecule has 0 amide bonds. The minimum atomic E-state index is -0.376. The average molecular weight is 236 g/mol. The summed E-state index contributed by atoms with van der Waals surface area (Å²) >= 11 is 0. The van der Waals surface area contributed by atoms with Gasteiger partial charge < -0.3 is 10.5 Å². The molecule has 0 heterocycles. The molecule has 0 aromatic rings. The molecule has 0 spiro atoms. The Bertz CT molecular complexity index is 213. The van der Waals surface area contributed by atoms with E-state index in [1.807, 2.05) is 20.8 Å². The molecule has 1 saturated carbocycles. The smallest absolute Gasteiger partial charge is 0.309 e. The van der Waals surface area contributed by atoms with E-state index in [4.69, 9.17) is 10.5 Å². The van der Waals surface area contributed by atoms with E-state index in [-0.39, 0.29) is 29.9 Å². The van der Waals surface area contributed by atoms with Crippen LogP contribution in [0, 0.1) is 11.8 Å². The maximum absolute atomic E-state index is 11.8. The lowest BCUT2D eigenvalue weighted by Gasteiger charge is -2.24. The van der Waals surface area contributed by atoms with Crippen LogP contribution in [0.15, 0.2) is 0 Å². The van der Waals surface area contributed by atoms with E-state index in [1.54, 1.807) is 0 Å². The van der Waals surface area contributed by atoms with Crippen LogP contribution in [-0.4, -0.2) is 18.1 Å². The van der Waals surface area contributed by atoms with Crippen LogP contribution in [0.1, 0.15) is 40.0 Å². The van der Waals surface area contributed by atoms with Crippen molar-refractivity contribution in [1.82, 2.24) is 0 Å². The first-order chi connectivity index (χ1) is 6.44. The molecule has 0 aromatic carbocycles. The number of halogens is 1. The summed E-state index contributed by atoms with van der Waals surface area (Å²) in [6.07, 6.45) is 3.11. The van der Waals surface area contributed by atoms with Gasteiger partial charge in [0.25, 0.3) is 0 Å². The zero-order valence-corrected chi connectivity index (χ0v) is 10.6. The Kier molecular flexibility index (Phi) is 5.60. The summed E-state index contributed by atoms with van der Waals surface area (Å²) in [5.74, 6) is 0.314. The maximum Gasteiger partial charge on any atom is 0.309 e. The van der Waals surface area contributed by atoms with E-state index >= 15 is 0 Å². The number of hydrogen-bond donors (Lipinski definition) is 1. The van der Waals surface area contributed by atoms with Crippen molar-refractivity contribution in [2.45, 2.75) is 45.6 Å². The molecule has 1 rings (SSSR count). The topological polar surface area (TPSA) is 52.3 Å². The average Bonchev–Trinajstić information content (AvgIpc) is 2.47. The van der Waals surface area contributed by atoms with E-state index in [2.05, 4.69) is 0 Å². The summed E-state index contributed by atoms with van der Waals surface area (Å²) in [6.45, 7) is 6.30. The molecule has 90 valence electrons. The molecule has 15 heavy (non-hydrogen) atoms. The van der Waals surface area contributed by atoms with Crippen molar-refractivity contribution in [2.24, 2.45) is 17.6 Å². The van der Waals surface area contributed by atoms with Crippen LogP contribution in [0.25, 0.3) is 0 Å². The van der Waals surface area contributed by atoms with Crippen LogP contribution >= 0.6 is 12.4 Å². The van der Waals surface area contributed by atoms with Crippen LogP contribution in [0.4, 0.5) is 0 Å². The second-order valence-electron chi connectivity index (χ2n) is 5.07. The highest BCUT2D eigenvalue weighted by atomic mass is 35.5. The summed E-state index contributed by atoms with van der Waals surface area (Å²) in [5.41, 5.74) is 5.24. The molecule has 0 bridgehead atoms. The fourth-order valence-corrected chi connectivity index (χ4v) is 2.01. The van der Waals surface area contributed by atoms with Crippen LogP contribution < -0.4 is 5.73 Å². The highest BCUT2D eigenvalue weighted by Crippen LogP contribution is 2.32. The number of carbonyl (C=O) groups excluding carboxylic acids is 1. The predicted molar refractivity (Wildman–Crippen MR) is 63.0 cm³/mol. The van der Waals surface area contributed by atoms with Gasteiger partial charge in [0.15, 0.2) is 0 Å². The quantitative estimate of drug-likeness (QED) is 0.746. The van der Waals surface area contributed by atoms with E-state index in [9.17, 15) is 4.79 Å². The lowest BCUT2D eigenvalue weighted by Crippen LogP contribution is -2.32. The van der Waals surface area contributed by atoms with Crippen molar-refractivity contribution in [3.05, 3.63) is 0 Å². The Balaban J connectivity index is 0.00000196. The molecule has 2 atom stereocenters. The van der Waals surface area contributed by atoms with Crippen LogP contribution in [0.2, 0.25) is 0 Å². The molecular formula is C11H22ClNO2. The third kappa shape index (κ3) is 4.39. The predicted octanol–water partition coefficient (Wildman–Crippen LogP) is 2.12. The van der Waals surface area contributed by atoms with E-state index in [0.29, 0.717) is 12.5 Å². The molecule has 3 nitrogen and oxygen atoms in total. The number of esters is 1. The zero-order valence-electron chi connectivity index (χ0n) is 9.79. The molecular weight excluding hydrogens is 214 g/mol. The molecule has 1 unspecified atom stereocenters. The molecule has 0 saturated heterocycles. The fraction of sp³-hybridized carbons (Fsp3) is 0.909. The third-order valence-corrected chi connectivity index (χ3v) is 2.67. The summed E-state index contributed by atoms with van der Waals surface area (Å²) in [5, 5.41) is 0. The van der Waals surface area contributed by atoms with Gasteiger partial charge in [-0.25, -0.2) is 0 Å². The first-order valence-electron chi connectivity index (χ1n) is 5.37. The summed E-state index contributed by atoms with van der Waals surface area (Å²) in [6, 6.07) is 0. The fourth-order valence-electron chi connectivity index (χ4n) is 2.01. The van der Waals surface area contributed by atoms with Crippen molar-refractivity contribution < 1.29 is 9.53 Å². The molecule has 1 aliphatic carbocycles. The molecule has 1 fully saturated rings.